The van der Waals surface area contributed by atoms with E-state index < -0.39 is 24.3 Å². The van der Waals surface area contributed by atoms with Crippen LogP contribution in [0.4, 0.5) is 4.79 Å². The number of nitrogens with one attached hydrogen (secondary N) is 3. The second kappa shape index (κ2) is 15.9. The Bertz CT molecular complexity index is 1550. The summed E-state index contributed by atoms with van der Waals surface area (Å²) in [6, 6.07) is 17.7. The van der Waals surface area contributed by atoms with Crippen LogP contribution >= 0.6 is 45.2 Å². The molecule has 2 amide bonds. The fraction of sp³-hybridized carbons (Fsp3) is 0.258. The first-order valence-corrected chi connectivity index (χ1v) is 15.7. The first-order chi connectivity index (χ1) is 21.2. The topological polar surface area (TPSA) is 140 Å². The third kappa shape index (κ3) is 8.75. The maximum absolute atomic E-state index is 12.5. The van der Waals surface area contributed by atoms with Crippen molar-refractivity contribution in [3.63, 3.8) is 0 Å². The first-order valence-electron chi connectivity index (χ1n) is 13.6. The Morgan fingerprint density at radius 1 is 1.09 bits per heavy atom. The van der Waals surface area contributed by atoms with Gasteiger partial charge < -0.3 is 34.7 Å². The summed E-state index contributed by atoms with van der Waals surface area (Å²) in [6.07, 6.45) is 0.451. The highest BCUT2D eigenvalue weighted by Gasteiger charge is 2.32. The number of hydrogen-bond acceptors (Lipinski definition) is 9. The summed E-state index contributed by atoms with van der Waals surface area (Å²) in [5, 5.41) is 20.1. The lowest BCUT2D eigenvalue weighted by atomic mass is 9.95. The van der Waals surface area contributed by atoms with Crippen LogP contribution in [0.5, 0.6) is 17.2 Å². The number of amides is 2. The fourth-order valence-corrected chi connectivity index (χ4v) is 6.42. The molecule has 0 aliphatic carbocycles. The van der Waals surface area contributed by atoms with Gasteiger partial charge in [-0.05, 0) is 94.4 Å². The molecule has 3 aromatic carbocycles. The van der Waals surface area contributed by atoms with Crippen molar-refractivity contribution in [3.8, 4) is 17.2 Å². The standard InChI is InChI=1S/C31H32I2N4O7/c1-4-42-25-13-20(28-27(30(39)41-3)18(2)35-31(40)36-28)10-11-24(25)43-17-26(38)37-34-15-21-12-22(32)14-23(33)29(21)44-16-19-8-6-5-7-9-19/h5-15,26,28,37-38H,4,16-17H2,1-3H3,(H2,35,36,40)/b34-15+/t26-,28-/m1/s1. The second-order valence-corrected chi connectivity index (χ2v) is 11.9. The number of hydrazone groups is 1. The van der Waals surface area contributed by atoms with Crippen molar-refractivity contribution in [2.45, 2.75) is 32.7 Å². The van der Waals surface area contributed by atoms with Crippen molar-refractivity contribution in [2.75, 3.05) is 20.3 Å². The number of rotatable bonds is 13. The Morgan fingerprint density at radius 3 is 2.59 bits per heavy atom. The van der Waals surface area contributed by atoms with E-state index in [1.807, 2.05) is 49.4 Å². The fourth-order valence-electron chi connectivity index (χ4n) is 4.37. The van der Waals surface area contributed by atoms with E-state index in [4.69, 9.17) is 18.9 Å². The predicted octanol–water partition coefficient (Wildman–Crippen LogP) is 5.00. The third-order valence-corrected chi connectivity index (χ3v) is 7.79. The summed E-state index contributed by atoms with van der Waals surface area (Å²) in [6.45, 7) is 4.06. The molecule has 2 atom stereocenters. The summed E-state index contributed by atoms with van der Waals surface area (Å²) in [5.74, 6) is 0.870. The van der Waals surface area contributed by atoms with Gasteiger partial charge >= 0.3 is 12.0 Å². The maximum Gasteiger partial charge on any atom is 0.337 e. The SMILES string of the molecule is CCOc1cc([C@H]2NC(=O)NC(C)=C2C(=O)OC)ccc1OC[C@@H](O)N/N=C/c1cc(I)cc(I)c1OCc1ccccc1. The largest absolute Gasteiger partial charge is 0.490 e. The molecule has 13 heteroatoms. The molecule has 0 fully saturated rings. The van der Waals surface area contributed by atoms with Crippen LogP contribution in [0.3, 0.4) is 0 Å². The smallest absolute Gasteiger partial charge is 0.337 e. The van der Waals surface area contributed by atoms with Crippen molar-refractivity contribution in [1.82, 2.24) is 16.1 Å². The van der Waals surface area contributed by atoms with Crippen molar-refractivity contribution < 1.29 is 33.6 Å². The van der Waals surface area contributed by atoms with Crippen LogP contribution in [-0.4, -0.2) is 49.9 Å². The van der Waals surface area contributed by atoms with Crippen LogP contribution in [0.2, 0.25) is 0 Å². The Morgan fingerprint density at radius 2 is 1.86 bits per heavy atom. The Kier molecular flexibility index (Phi) is 12.1. The number of allylic oxidation sites excluding steroid dienone is 1. The average molecular weight is 826 g/mol. The molecule has 1 heterocycles. The molecule has 232 valence electrons. The lowest BCUT2D eigenvalue weighted by Gasteiger charge is -2.28. The molecule has 0 aromatic heterocycles. The van der Waals surface area contributed by atoms with Gasteiger partial charge in [0, 0.05) is 14.8 Å². The second-order valence-electron chi connectivity index (χ2n) is 9.50. The minimum Gasteiger partial charge on any atom is -0.490 e. The van der Waals surface area contributed by atoms with Gasteiger partial charge in [0.05, 0.1) is 35.1 Å². The monoisotopic (exact) mass is 826 g/mol. The lowest BCUT2D eigenvalue weighted by Crippen LogP contribution is -2.45. The van der Waals surface area contributed by atoms with Gasteiger partial charge in [0.1, 0.15) is 19.0 Å². The Balaban J connectivity index is 1.42. The third-order valence-electron chi connectivity index (χ3n) is 6.36. The van der Waals surface area contributed by atoms with E-state index in [9.17, 15) is 14.7 Å². The number of aliphatic hydroxyl groups excluding tert-OH is 1. The van der Waals surface area contributed by atoms with Crippen LogP contribution < -0.4 is 30.3 Å². The number of ether oxygens (including phenoxy) is 4. The number of urea groups is 1. The zero-order chi connectivity index (χ0) is 31.6. The summed E-state index contributed by atoms with van der Waals surface area (Å²) < 4.78 is 24.6. The Hall–Kier alpha value is -3.57. The molecule has 0 spiro atoms. The summed E-state index contributed by atoms with van der Waals surface area (Å²) in [5.41, 5.74) is 5.75. The van der Waals surface area contributed by atoms with Gasteiger partial charge in [0.2, 0.25) is 0 Å². The first kappa shape index (κ1) is 33.3. The number of benzene rings is 3. The molecule has 4 rings (SSSR count). The predicted molar refractivity (Wildman–Crippen MR) is 182 cm³/mol. The number of methoxy groups -OCH3 is 1. The van der Waals surface area contributed by atoms with Gasteiger partial charge in [-0.3, -0.25) is 5.43 Å². The van der Waals surface area contributed by atoms with E-state index in [0.717, 1.165) is 18.3 Å². The molecule has 11 nitrogen and oxygen atoms in total. The molecule has 44 heavy (non-hydrogen) atoms. The number of nitrogens with zero attached hydrogens (tertiary/aromatic N) is 1. The molecule has 0 saturated heterocycles. The van der Waals surface area contributed by atoms with E-state index in [1.54, 1.807) is 31.3 Å². The highest BCUT2D eigenvalue weighted by atomic mass is 127. The zero-order valence-electron chi connectivity index (χ0n) is 24.2. The number of esters is 1. The molecule has 0 unspecified atom stereocenters. The van der Waals surface area contributed by atoms with Crippen molar-refractivity contribution >= 4 is 63.4 Å². The van der Waals surface area contributed by atoms with Crippen LogP contribution in [-0.2, 0) is 16.1 Å². The molecule has 3 aromatic rings. The molecular formula is C31H32I2N4O7. The summed E-state index contributed by atoms with van der Waals surface area (Å²) in [7, 11) is 1.28. The van der Waals surface area contributed by atoms with Gasteiger partial charge in [0.15, 0.2) is 17.7 Å². The van der Waals surface area contributed by atoms with Crippen molar-refractivity contribution in [1.29, 1.82) is 0 Å². The van der Waals surface area contributed by atoms with Gasteiger partial charge in [-0.25, -0.2) is 9.59 Å². The number of aliphatic hydroxyl groups is 1. The number of carbonyl (C=O) groups is 2. The van der Waals surface area contributed by atoms with E-state index in [2.05, 4.69) is 66.3 Å². The lowest BCUT2D eigenvalue weighted by molar-refractivity contribution is -0.136. The summed E-state index contributed by atoms with van der Waals surface area (Å²) >= 11 is 4.47. The zero-order valence-corrected chi connectivity index (χ0v) is 28.5. The van der Waals surface area contributed by atoms with E-state index in [1.165, 1.54) is 7.11 Å². The molecule has 4 N–H and O–H groups in total. The highest BCUT2D eigenvalue weighted by molar-refractivity contribution is 14.1. The van der Waals surface area contributed by atoms with E-state index in [-0.39, 0.29) is 12.2 Å². The minimum atomic E-state index is -1.14. The van der Waals surface area contributed by atoms with Gasteiger partial charge in [0.25, 0.3) is 0 Å². The average Bonchev–Trinajstić information content (AvgIpc) is 3.00. The molecule has 0 radical (unpaired) electrons. The molecule has 1 aliphatic heterocycles. The number of hydrogen-bond donors (Lipinski definition) is 4. The van der Waals surface area contributed by atoms with Crippen LogP contribution in [0, 0.1) is 7.14 Å². The normalized spacial score (nSPS) is 15.3. The van der Waals surface area contributed by atoms with Gasteiger partial charge in [-0.15, -0.1) is 0 Å². The van der Waals surface area contributed by atoms with Crippen molar-refractivity contribution in [3.05, 3.63) is 95.8 Å². The number of halogens is 2. The van der Waals surface area contributed by atoms with Gasteiger partial charge in [-0.2, -0.15) is 5.10 Å². The minimum absolute atomic E-state index is 0.144. The molecule has 0 saturated carbocycles. The highest BCUT2D eigenvalue weighted by Crippen LogP contribution is 2.35. The van der Waals surface area contributed by atoms with E-state index in [0.29, 0.717) is 41.7 Å². The molecule has 1 aliphatic rings. The molecule has 0 bridgehead atoms. The number of carbonyl (C=O) groups excluding carboxylic acids is 2. The van der Waals surface area contributed by atoms with Crippen LogP contribution in [0.1, 0.15) is 36.6 Å². The van der Waals surface area contributed by atoms with Crippen molar-refractivity contribution in [2.24, 2.45) is 5.10 Å². The van der Waals surface area contributed by atoms with Crippen LogP contribution in [0.15, 0.2) is 77.0 Å². The van der Waals surface area contributed by atoms with E-state index >= 15 is 0 Å². The quantitative estimate of drug-likeness (QED) is 0.0622. The Labute approximate surface area is 282 Å². The summed E-state index contributed by atoms with van der Waals surface area (Å²) in [4.78, 5) is 24.6. The maximum atomic E-state index is 12.5. The van der Waals surface area contributed by atoms with Crippen LogP contribution in [0.25, 0.3) is 0 Å². The molecular weight excluding hydrogens is 794 g/mol. The van der Waals surface area contributed by atoms with Gasteiger partial charge in [-0.1, -0.05) is 36.4 Å².